The Morgan fingerprint density at radius 3 is 3.00 bits per heavy atom. The van der Waals surface area contributed by atoms with Gasteiger partial charge in [0, 0.05) is 10.0 Å². The Morgan fingerprint density at radius 1 is 1.40 bits per heavy atom. The first-order valence-electron chi connectivity index (χ1n) is 6.89. The molecule has 1 atom stereocenters. The van der Waals surface area contributed by atoms with E-state index in [1.54, 1.807) is 0 Å². The van der Waals surface area contributed by atoms with Crippen molar-refractivity contribution in [3.8, 4) is 11.4 Å². The molecule has 1 aliphatic heterocycles. The van der Waals surface area contributed by atoms with E-state index in [9.17, 15) is 0 Å². The molecule has 3 rings (SSSR count). The first kappa shape index (κ1) is 13.8. The van der Waals surface area contributed by atoms with Gasteiger partial charge in [-0.1, -0.05) is 47.1 Å². The SMILES string of the molecule is CC1(C)CCCNC1c1nc(-c2cccc(Br)c2)no1. The fourth-order valence-electron chi connectivity index (χ4n) is 2.73. The second-order valence-corrected chi connectivity index (χ2v) is 6.86. The van der Waals surface area contributed by atoms with E-state index in [0.29, 0.717) is 11.7 Å². The monoisotopic (exact) mass is 335 g/mol. The molecule has 1 aromatic carbocycles. The summed E-state index contributed by atoms with van der Waals surface area (Å²) in [5.41, 5.74) is 1.10. The molecular formula is C15H18BrN3O. The summed E-state index contributed by atoms with van der Waals surface area (Å²) < 4.78 is 6.51. The smallest absolute Gasteiger partial charge is 0.244 e. The second-order valence-electron chi connectivity index (χ2n) is 5.95. The standard InChI is InChI=1S/C15H18BrN3O/c1-15(2)7-4-8-17-12(15)14-18-13(19-20-14)10-5-3-6-11(16)9-10/h3,5-6,9,12,17H,4,7-8H2,1-2H3. The van der Waals surface area contributed by atoms with Gasteiger partial charge in [0.1, 0.15) is 0 Å². The van der Waals surface area contributed by atoms with Crippen molar-refractivity contribution in [2.45, 2.75) is 32.7 Å². The van der Waals surface area contributed by atoms with Crippen molar-refractivity contribution < 1.29 is 4.52 Å². The lowest BCUT2D eigenvalue weighted by atomic mass is 9.77. The Labute approximate surface area is 127 Å². The van der Waals surface area contributed by atoms with Crippen molar-refractivity contribution in [1.29, 1.82) is 0 Å². The quantitative estimate of drug-likeness (QED) is 0.902. The maximum atomic E-state index is 5.50. The lowest BCUT2D eigenvalue weighted by molar-refractivity contribution is 0.146. The summed E-state index contributed by atoms with van der Waals surface area (Å²) in [6.45, 7) is 5.49. The van der Waals surface area contributed by atoms with Gasteiger partial charge in [-0.2, -0.15) is 4.98 Å². The Kier molecular flexibility index (Phi) is 3.65. The van der Waals surface area contributed by atoms with Crippen LogP contribution >= 0.6 is 15.9 Å². The van der Waals surface area contributed by atoms with Crippen LogP contribution in [0.5, 0.6) is 0 Å². The van der Waals surface area contributed by atoms with E-state index in [-0.39, 0.29) is 11.5 Å². The van der Waals surface area contributed by atoms with Gasteiger partial charge in [-0.25, -0.2) is 0 Å². The third-order valence-electron chi connectivity index (χ3n) is 3.90. The maximum Gasteiger partial charge on any atom is 0.244 e. The van der Waals surface area contributed by atoms with Gasteiger partial charge in [0.05, 0.1) is 6.04 Å². The summed E-state index contributed by atoms with van der Waals surface area (Å²) in [5, 5.41) is 7.62. The van der Waals surface area contributed by atoms with Crippen LogP contribution < -0.4 is 5.32 Å². The van der Waals surface area contributed by atoms with Crippen LogP contribution in [0.3, 0.4) is 0 Å². The molecule has 0 radical (unpaired) electrons. The predicted octanol–water partition coefficient (Wildman–Crippen LogP) is 3.95. The highest BCUT2D eigenvalue weighted by Gasteiger charge is 2.37. The second kappa shape index (κ2) is 5.30. The molecule has 1 fully saturated rings. The number of aromatic nitrogens is 2. The third kappa shape index (κ3) is 2.65. The van der Waals surface area contributed by atoms with Crippen molar-refractivity contribution in [2.75, 3.05) is 6.54 Å². The van der Waals surface area contributed by atoms with Gasteiger partial charge in [0.2, 0.25) is 11.7 Å². The van der Waals surface area contributed by atoms with Gasteiger partial charge < -0.3 is 9.84 Å². The van der Waals surface area contributed by atoms with Gasteiger partial charge in [-0.05, 0) is 36.9 Å². The summed E-state index contributed by atoms with van der Waals surface area (Å²) in [7, 11) is 0. The van der Waals surface area contributed by atoms with Crippen molar-refractivity contribution in [3.63, 3.8) is 0 Å². The van der Waals surface area contributed by atoms with Crippen molar-refractivity contribution in [3.05, 3.63) is 34.6 Å². The molecule has 0 bridgehead atoms. The minimum atomic E-state index is 0.129. The Hall–Kier alpha value is -1.20. The van der Waals surface area contributed by atoms with Crippen LogP contribution in [0.15, 0.2) is 33.3 Å². The third-order valence-corrected chi connectivity index (χ3v) is 4.39. The van der Waals surface area contributed by atoms with Crippen molar-refractivity contribution in [2.24, 2.45) is 5.41 Å². The molecule has 1 unspecified atom stereocenters. The number of benzene rings is 1. The van der Waals surface area contributed by atoms with Crippen LogP contribution in [0.25, 0.3) is 11.4 Å². The van der Waals surface area contributed by atoms with Crippen LogP contribution in [0, 0.1) is 5.41 Å². The molecular weight excluding hydrogens is 318 g/mol. The first-order valence-corrected chi connectivity index (χ1v) is 7.68. The minimum absolute atomic E-state index is 0.129. The normalized spacial score (nSPS) is 21.9. The van der Waals surface area contributed by atoms with Gasteiger partial charge in [-0.15, -0.1) is 0 Å². The van der Waals surface area contributed by atoms with Crippen LogP contribution in [0.1, 0.15) is 38.6 Å². The molecule has 5 heteroatoms. The number of piperidine rings is 1. The number of nitrogens with one attached hydrogen (secondary N) is 1. The largest absolute Gasteiger partial charge is 0.337 e. The van der Waals surface area contributed by atoms with E-state index in [1.807, 2.05) is 24.3 Å². The van der Waals surface area contributed by atoms with E-state index in [2.05, 4.69) is 45.2 Å². The molecule has 1 N–H and O–H groups in total. The summed E-state index contributed by atoms with van der Waals surface area (Å²) in [5.74, 6) is 1.33. The Morgan fingerprint density at radius 2 is 2.25 bits per heavy atom. The van der Waals surface area contributed by atoms with Gasteiger partial charge in [0.25, 0.3) is 0 Å². The molecule has 20 heavy (non-hydrogen) atoms. The molecule has 2 heterocycles. The zero-order chi connectivity index (χ0) is 14.2. The molecule has 1 aromatic heterocycles. The van der Waals surface area contributed by atoms with E-state index < -0.39 is 0 Å². The van der Waals surface area contributed by atoms with E-state index >= 15 is 0 Å². The summed E-state index contributed by atoms with van der Waals surface area (Å²) in [6.07, 6.45) is 2.36. The van der Waals surface area contributed by atoms with Crippen LogP contribution in [0.4, 0.5) is 0 Å². The fourth-order valence-corrected chi connectivity index (χ4v) is 3.13. The molecule has 0 spiro atoms. The molecule has 1 aliphatic rings. The molecule has 0 saturated carbocycles. The number of hydrogen-bond donors (Lipinski definition) is 1. The van der Waals surface area contributed by atoms with Crippen molar-refractivity contribution >= 4 is 15.9 Å². The average Bonchev–Trinajstić information content (AvgIpc) is 2.87. The lowest BCUT2D eigenvalue weighted by Crippen LogP contribution is -2.39. The molecule has 0 aliphatic carbocycles. The number of hydrogen-bond acceptors (Lipinski definition) is 4. The Bertz CT molecular complexity index is 609. The number of nitrogens with zero attached hydrogens (tertiary/aromatic N) is 2. The highest BCUT2D eigenvalue weighted by Crippen LogP contribution is 2.39. The van der Waals surface area contributed by atoms with E-state index in [1.165, 1.54) is 12.8 Å². The van der Waals surface area contributed by atoms with Crippen molar-refractivity contribution in [1.82, 2.24) is 15.5 Å². The zero-order valence-corrected chi connectivity index (χ0v) is 13.3. The number of rotatable bonds is 2. The summed E-state index contributed by atoms with van der Waals surface area (Å²) >= 11 is 3.46. The van der Waals surface area contributed by atoms with Gasteiger partial charge in [-0.3, -0.25) is 0 Å². The predicted molar refractivity (Wildman–Crippen MR) is 81.2 cm³/mol. The summed E-state index contributed by atoms with van der Waals surface area (Å²) in [6, 6.07) is 8.06. The highest BCUT2D eigenvalue weighted by molar-refractivity contribution is 9.10. The van der Waals surface area contributed by atoms with E-state index in [4.69, 9.17) is 4.52 Å². The molecule has 4 nitrogen and oxygen atoms in total. The maximum absolute atomic E-state index is 5.50. The summed E-state index contributed by atoms with van der Waals surface area (Å²) in [4.78, 5) is 4.58. The molecule has 2 aromatic rings. The highest BCUT2D eigenvalue weighted by atomic mass is 79.9. The zero-order valence-electron chi connectivity index (χ0n) is 11.7. The average molecular weight is 336 g/mol. The minimum Gasteiger partial charge on any atom is -0.337 e. The molecule has 1 saturated heterocycles. The van der Waals surface area contributed by atoms with Crippen LogP contribution in [0.2, 0.25) is 0 Å². The first-order chi connectivity index (χ1) is 9.56. The van der Waals surface area contributed by atoms with Gasteiger partial charge >= 0.3 is 0 Å². The van der Waals surface area contributed by atoms with E-state index in [0.717, 1.165) is 16.6 Å². The van der Waals surface area contributed by atoms with Gasteiger partial charge in [0.15, 0.2) is 0 Å². The lowest BCUT2D eigenvalue weighted by Gasteiger charge is -2.36. The molecule has 106 valence electrons. The molecule has 0 amide bonds. The van der Waals surface area contributed by atoms with Crippen LogP contribution in [-0.2, 0) is 0 Å². The topological polar surface area (TPSA) is 51.0 Å². The van der Waals surface area contributed by atoms with Crippen LogP contribution in [-0.4, -0.2) is 16.7 Å². The number of halogens is 1. The fraction of sp³-hybridized carbons (Fsp3) is 0.467. The Balaban J connectivity index is 1.90.